The van der Waals surface area contributed by atoms with Gasteiger partial charge in [0.05, 0.1) is 16.2 Å². The van der Waals surface area contributed by atoms with Gasteiger partial charge in [0.2, 0.25) is 0 Å². The number of para-hydroxylation sites is 1. The van der Waals surface area contributed by atoms with Crippen LogP contribution in [0.2, 0.25) is 0 Å². The zero-order chi connectivity index (χ0) is 14.9. The maximum absolute atomic E-state index is 12.4. The zero-order valence-corrected chi connectivity index (χ0v) is 12.5. The van der Waals surface area contributed by atoms with E-state index >= 15 is 0 Å². The van der Waals surface area contributed by atoms with Crippen LogP contribution in [0.1, 0.15) is 6.92 Å². The topological polar surface area (TPSA) is 47.0 Å². The number of rotatable bonds is 3. The van der Waals surface area contributed by atoms with Crippen LogP contribution in [0.25, 0.3) is 22.0 Å². The van der Waals surface area contributed by atoms with Crippen molar-refractivity contribution >= 4 is 20.7 Å². The highest BCUT2D eigenvalue weighted by atomic mass is 32.2. The molecule has 4 heteroatoms. The second kappa shape index (κ2) is 5.30. The van der Waals surface area contributed by atoms with Crippen molar-refractivity contribution in [2.24, 2.45) is 0 Å². The van der Waals surface area contributed by atoms with Crippen molar-refractivity contribution in [3.05, 3.63) is 60.8 Å². The first-order valence-corrected chi connectivity index (χ1v) is 8.44. The maximum Gasteiger partial charge on any atom is 0.180 e. The fraction of sp³-hybridized carbons (Fsp3) is 0.118. The Balaban J connectivity index is 2.45. The molecule has 0 atom stereocenters. The van der Waals surface area contributed by atoms with E-state index in [-0.39, 0.29) is 5.75 Å². The molecule has 0 aliphatic rings. The van der Waals surface area contributed by atoms with Crippen molar-refractivity contribution in [1.82, 2.24) is 4.98 Å². The van der Waals surface area contributed by atoms with Crippen LogP contribution in [0.5, 0.6) is 0 Å². The van der Waals surface area contributed by atoms with Gasteiger partial charge in [-0.15, -0.1) is 0 Å². The molecule has 0 fully saturated rings. The summed E-state index contributed by atoms with van der Waals surface area (Å²) in [6.07, 6.45) is 1.48. The number of fused-ring (bicyclic) bond motifs is 1. The van der Waals surface area contributed by atoms with E-state index in [1.807, 2.05) is 54.6 Å². The Bertz CT molecular complexity index is 887. The van der Waals surface area contributed by atoms with Gasteiger partial charge in [-0.25, -0.2) is 8.42 Å². The van der Waals surface area contributed by atoms with E-state index in [0.29, 0.717) is 4.90 Å². The minimum Gasteiger partial charge on any atom is -0.255 e. The molecule has 1 heterocycles. The number of sulfone groups is 1. The Labute approximate surface area is 124 Å². The van der Waals surface area contributed by atoms with E-state index in [4.69, 9.17) is 0 Å². The molecule has 1 aromatic heterocycles. The first-order valence-electron chi connectivity index (χ1n) is 6.79. The first kappa shape index (κ1) is 13.8. The van der Waals surface area contributed by atoms with Gasteiger partial charge < -0.3 is 0 Å². The standard InChI is InChI=1S/C17H15NO2S/c1-2-21(19,20)16-12-18-15-11-7-6-10-14(15)17(16)13-8-4-3-5-9-13/h3-12H,2H2,1H3. The summed E-state index contributed by atoms with van der Waals surface area (Å²) >= 11 is 0. The average Bonchev–Trinajstić information content (AvgIpc) is 2.54. The van der Waals surface area contributed by atoms with Crippen LogP contribution < -0.4 is 0 Å². The van der Waals surface area contributed by atoms with E-state index in [1.165, 1.54) is 6.20 Å². The molecule has 0 unspecified atom stereocenters. The molecule has 0 spiro atoms. The highest BCUT2D eigenvalue weighted by molar-refractivity contribution is 7.91. The summed E-state index contributed by atoms with van der Waals surface area (Å²) in [5.41, 5.74) is 2.43. The van der Waals surface area contributed by atoms with Crippen LogP contribution in [0.4, 0.5) is 0 Å². The lowest BCUT2D eigenvalue weighted by atomic mass is 10.0. The van der Waals surface area contributed by atoms with E-state index in [2.05, 4.69) is 4.98 Å². The SMILES string of the molecule is CCS(=O)(=O)c1cnc2ccccc2c1-c1ccccc1. The first-order chi connectivity index (χ1) is 10.1. The summed E-state index contributed by atoms with van der Waals surface area (Å²) in [6, 6.07) is 17.2. The van der Waals surface area contributed by atoms with Gasteiger partial charge in [-0.1, -0.05) is 55.5 Å². The minimum absolute atomic E-state index is 0.0624. The molecule has 0 amide bonds. The lowest BCUT2D eigenvalue weighted by molar-refractivity contribution is 0.597. The summed E-state index contributed by atoms with van der Waals surface area (Å²) in [4.78, 5) is 4.60. The quantitative estimate of drug-likeness (QED) is 0.740. The van der Waals surface area contributed by atoms with Gasteiger partial charge in [0.15, 0.2) is 9.84 Å². The average molecular weight is 297 g/mol. The Kier molecular flexibility index (Phi) is 3.47. The van der Waals surface area contributed by atoms with Crippen molar-refractivity contribution in [2.75, 3.05) is 5.75 Å². The van der Waals surface area contributed by atoms with Crippen molar-refractivity contribution < 1.29 is 8.42 Å². The Hall–Kier alpha value is -2.20. The summed E-state index contributed by atoms with van der Waals surface area (Å²) < 4.78 is 24.8. The molecule has 0 aliphatic carbocycles. The highest BCUT2D eigenvalue weighted by Gasteiger charge is 2.20. The number of aromatic nitrogens is 1. The molecule has 0 radical (unpaired) electrons. The molecule has 0 aliphatic heterocycles. The molecule has 3 nitrogen and oxygen atoms in total. The maximum atomic E-state index is 12.4. The lowest BCUT2D eigenvalue weighted by Gasteiger charge is -2.12. The number of nitrogens with zero attached hydrogens (tertiary/aromatic N) is 1. The molecule has 0 saturated carbocycles. The van der Waals surface area contributed by atoms with Gasteiger partial charge in [0.25, 0.3) is 0 Å². The van der Waals surface area contributed by atoms with Gasteiger partial charge in [0, 0.05) is 17.1 Å². The molecule has 106 valence electrons. The molecule has 3 rings (SSSR count). The van der Waals surface area contributed by atoms with Crippen molar-refractivity contribution in [3.8, 4) is 11.1 Å². The number of hydrogen-bond acceptors (Lipinski definition) is 3. The van der Waals surface area contributed by atoms with Gasteiger partial charge in [-0.05, 0) is 11.6 Å². The Morgan fingerprint density at radius 1 is 0.952 bits per heavy atom. The second-order valence-electron chi connectivity index (χ2n) is 4.78. The lowest BCUT2D eigenvalue weighted by Crippen LogP contribution is -2.06. The van der Waals surface area contributed by atoms with Crippen LogP contribution in [0.15, 0.2) is 65.7 Å². The number of hydrogen-bond donors (Lipinski definition) is 0. The molecular weight excluding hydrogens is 282 g/mol. The zero-order valence-electron chi connectivity index (χ0n) is 11.7. The second-order valence-corrected chi connectivity index (χ2v) is 7.03. The molecule has 0 N–H and O–H groups in total. The van der Waals surface area contributed by atoms with Gasteiger partial charge >= 0.3 is 0 Å². The third-order valence-corrected chi connectivity index (χ3v) is 5.26. The molecular formula is C17H15NO2S. The van der Waals surface area contributed by atoms with Gasteiger partial charge in [-0.3, -0.25) is 4.98 Å². The normalized spacial score (nSPS) is 11.7. The molecule has 0 saturated heterocycles. The predicted octanol–water partition coefficient (Wildman–Crippen LogP) is 3.70. The minimum atomic E-state index is -3.33. The third kappa shape index (κ3) is 2.43. The summed E-state index contributed by atoms with van der Waals surface area (Å²) in [7, 11) is -3.33. The molecule has 3 aromatic rings. The largest absolute Gasteiger partial charge is 0.255 e. The molecule has 21 heavy (non-hydrogen) atoms. The van der Waals surface area contributed by atoms with Crippen molar-refractivity contribution in [2.45, 2.75) is 11.8 Å². The van der Waals surface area contributed by atoms with E-state index in [1.54, 1.807) is 6.92 Å². The van der Waals surface area contributed by atoms with E-state index < -0.39 is 9.84 Å². The van der Waals surface area contributed by atoms with Crippen molar-refractivity contribution in [3.63, 3.8) is 0 Å². The summed E-state index contributed by atoms with van der Waals surface area (Å²) in [5, 5.41) is 0.859. The van der Waals surface area contributed by atoms with Crippen LogP contribution in [0, 0.1) is 0 Å². The predicted molar refractivity (Wildman–Crippen MR) is 84.9 cm³/mol. The van der Waals surface area contributed by atoms with Crippen LogP contribution in [-0.2, 0) is 9.84 Å². The van der Waals surface area contributed by atoms with Crippen LogP contribution in [-0.4, -0.2) is 19.2 Å². The molecule has 0 bridgehead atoms. The fourth-order valence-electron chi connectivity index (χ4n) is 2.42. The Morgan fingerprint density at radius 3 is 2.33 bits per heavy atom. The van der Waals surface area contributed by atoms with E-state index in [0.717, 1.165) is 22.0 Å². The van der Waals surface area contributed by atoms with Crippen LogP contribution >= 0.6 is 0 Å². The number of pyridine rings is 1. The fourth-order valence-corrected chi connectivity index (χ4v) is 3.48. The monoisotopic (exact) mass is 297 g/mol. The third-order valence-electron chi connectivity index (χ3n) is 3.52. The molecule has 2 aromatic carbocycles. The summed E-state index contributed by atoms with van der Waals surface area (Å²) in [6.45, 7) is 1.65. The smallest absolute Gasteiger partial charge is 0.180 e. The number of benzene rings is 2. The highest BCUT2D eigenvalue weighted by Crippen LogP contribution is 2.33. The Morgan fingerprint density at radius 2 is 1.62 bits per heavy atom. The summed E-state index contributed by atoms with van der Waals surface area (Å²) in [5.74, 6) is 0.0624. The van der Waals surface area contributed by atoms with Crippen LogP contribution in [0.3, 0.4) is 0 Å². The van der Waals surface area contributed by atoms with Gasteiger partial charge in [0.1, 0.15) is 0 Å². The van der Waals surface area contributed by atoms with Gasteiger partial charge in [-0.2, -0.15) is 0 Å². The van der Waals surface area contributed by atoms with E-state index in [9.17, 15) is 8.42 Å². The van der Waals surface area contributed by atoms with Crippen molar-refractivity contribution in [1.29, 1.82) is 0 Å².